The lowest BCUT2D eigenvalue weighted by Gasteiger charge is -2.08. The highest BCUT2D eigenvalue weighted by molar-refractivity contribution is 8.93. The summed E-state index contributed by atoms with van der Waals surface area (Å²) in [5, 5.41) is 11.9. The van der Waals surface area contributed by atoms with Crippen molar-refractivity contribution in [3.63, 3.8) is 0 Å². The number of nitrogens with zero attached hydrogens (tertiary/aromatic N) is 2. The first-order valence-electron chi connectivity index (χ1n) is 5.50. The number of halogens is 1. The highest BCUT2D eigenvalue weighted by Gasteiger charge is 2.04. The van der Waals surface area contributed by atoms with E-state index < -0.39 is 5.97 Å². The van der Waals surface area contributed by atoms with E-state index in [4.69, 9.17) is 16.6 Å². The molecule has 8 heteroatoms. The summed E-state index contributed by atoms with van der Waals surface area (Å²) in [6, 6.07) is 6.40. The number of rotatable bonds is 4. The van der Waals surface area contributed by atoms with Crippen LogP contribution in [0.2, 0.25) is 0 Å². The molecule has 0 radical (unpaired) electrons. The van der Waals surface area contributed by atoms with Gasteiger partial charge in [-0.25, -0.2) is 9.78 Å². The summed E-state index contributed by atoms with van der Waals surface area (Å²) in [6.45, 7) is 0.429. The van der Waals surface area contributed by atoms with Crippen molar-refractivity contribution < 1.29 is 9.90 Å². The lowest BCUT2D eigenvalue weighted by Crippen LogP contribution is -2.07. The van der Waals surface area contributed by atoms with Gasteiger partial charge in [-0.1, -0.05) is 0 Å². The van der Waals surface area contributed by atoms with E-state index in [1.165, 1.54) is 12.1 Å². The van der Waals surface area contributed by atoms with Crippen molar-refractivity contribution in [3.8, 4) is 0 Å². The van der Waals surface area contributed by atoms with Gasteiger partial charge in [0.15, 0.2) is 0 Å². The van der Waals surface area contributed by atoms with Gasteiger partial charge in [-0.2, -0.15) is 4.98 Å². The SMILES string of the molecule is Br.Nc1ncc(CNc2ccc(C(=O)O)cc2)c(N)n1. The predicted octanol–water partition coefficient (Wildman–Crippen LogP) is 1.53. The molecular weight excluding hydrogens is 326 g/mol. The van der Waals surface area contributed by atoms with Crippen LogP contribution in [0.15, 0.2) is 30.5 Å². The average molecular weight is 340 g/mol. The quantitative estimate of drug-likeness (QED) is 0.664. The van der Waals surface area contributed by atoms with Crippen LogP contribution in [0.1, 0.15) is 15.9 Å². The Morgan fingerprint density at radius 3 is 2.45 bits per heavy atom. The number of benzene rings is 1. The molecule has 7 nitrogen and oxygen atoms in total. The van der Waals surface area contributed by atoms with Crippen LogP contribution in [0.5, 0.6) is 0 Å². The van der Waals surface area contributed by atoms with Crippen LogP contribution in [0, 0.1) is 0 Å². The maximum Gasteiger partial charge on any atom is 0.335 e. The number of carboxylic acids is 1. The average Bonchev–Trinajstić information content (AvgIpc) is 2.38. The largest absolute Gasteiger partial charge is 0.478 e. The third-order valence-electron chi connectivity index (χ3n) is 2.53. The Morgan fingerprint density at radius 2 is 1.90 bits per heavy atom. The molecular formula is C12H14BrN5O2. The molecule has 0 aliphatic rings. The van der Waals surface area contributed by atoms with Crippen LogP contribution in [-0.4, -0.2) is 21.0 Å². The van der Waals surface area contributed by atoms with Crippen molar-refractivity contribution in [2.45, 2.75) is 6.54 Å². The minimum atomic E-state index is -0.956. The Hall–Kier alpha value is -2.35. The van der Waals surface area contributed by atoms with Crippen LogP contribution >= 0.6 is 17.0 Å². The highest BCUT2D eigenvalue weighted by atomic mass is 79.9. The van der Waals surface area contributed by atoms with Gasteiger partial charge < -0.3 is 21.9 Å². The molecule has 2 aromatic rings. The molecule has 0 fully saturated rings. The summed E-state index contributed by atoms with van der Waals surface area (Å²) in [5.41, 5.74) is 12.8. The van der Waals surface area contributed by atoms with Gasteiger partial charge in [0, 0.05) is 24.0 Å². The smallest absolute Gasteiger partial charge is 0.335 e. The number of aromatic carboxylic acids is 1. The van der Waals surface area contributed by atoms with Crippen LogP contribution in [0.4, 0.5) is 17.5 Å². The third-order valence-corrected chi connectivity index (χ3v) is 2.53. The van der Waals surface area contributed by atoms with E-state index in [0.717, 1.165) is 11.3 Å². The highest BCUT2D eigenvalue weighted by Crippen LogP contribution is 2.13. The fourth-order valence-electron chi connectivity index (χ4n) is 1.50. The number of carbonyl (C=O) groups is 1. The van der Waals surface area contributed by atoms with E-state index in [1.54, 1.807) is 18.3 Å². The maximum atomic E-state index is 10.7. The van der Waals surface area contributed by atoms with Gasteiger partial charge in [0.2, 0.25) is 5.95 Å². The summed E-state index contributed by atoms with van der Waals surface area (Å²) in [7, 11) is 0. The van der Waals surface area contributed by atoms with E-state index in [9.17, 15) is 4.79 Å². The molecule has 0 bridgehead atoms. The van der Waals surface area contributed by atoms with Gasteiger partial charge in [-0.05, 0) is 24.3 Å². The Morgan fingerprint density at radius 1 is 1.25 bits per heavy atom. The Balaban J connectivity index is 0.00000200. The minimum Gasteiger partial charge on any atom is -0.478 e. The Kier molecular flexibility index (Phi) is 5.27. The Labute approximate surface area is 125 Å². The predicted molar refractivity (Wildman–Crippen MR) is 81.9 cm³/mol. The minimum absolute atomic E-state index is 0. The van der Waals surface area contributed by atoms with E-state index in [1.807, 2.05) is 0 Å². The van der Waals surface area contributed by atoms with Crippen LogP contribution < -0.4 is 16.8 Å². The molecule has 0 aliphatic carbocycles. The topological polar surface area (TPSA) is 127 Å². The van der Waals surface area contributed by atoms with Gasteiger partial charge in [0.05, 0.1) is 5.56 Å². The van der Waals surface area contributed by atoms with Gasteiger partial charge in [-0.3, -0.25) is 0 Å². The van der Waals surface area contributed by atoms with Gasteiger partial charge in [0.1, 0.15) is 5.82 Å². The van der Waals surface area contributed by atoms with E-state index in [2.05, 4.69) is 15.3 Å². The number of nitrogen functional groups attached to an aromatic ring is 2. The number of nitrogens with one attached hydrogen (secondary N) is 1. The molecule has 106 valence electrons. The zero-order chi connectivity index (χ0) is 13.8. The normalized spacial score (nSPS) is 9.60. The van der Waals surface area contributed by atoms with Crippen molar-refractivity contribution in [1.82, 2.24) is 9.97 Å². The van der Waals surface area contributed by atoms with Gasteiger partial charge >= 0.3 is 5.97 Å². The zero-order valence-corrected chi connectivity index (χ0v) is 12.1. The van der Waals surface area contributed by atoms with Crippen LogP contribution in [0.25, 0.3) is 0 Å². The molecule has 1 aromatic carbocycles. The molecule has 1 heterocycles. The third kappa shape index (κ3) is 3.82. The van der Waals surface area contributed by atoms with Crippen molar-refractivity contribution in [1.29, 1.82) is 0 Å². The van der Waals surface area contributed by atoms with E-state index in [0.29, 0.717) is 12.4 Å². The second-order valence-electron chi connectivity index (χ2n) is 3.87. The molecule has 20 heavy (non-hydrogen) atoms. The van der Waals surface area contributed by atoms with Crippen LogP contribution in [0.3, 0.4) is 0 Å². The number of carboxylic acid groups (broad SMARTS) is 1. The molecule has 0 saturated carbocycles. The molecule has 0 aliphatic heterocycles. The molecule has 0 saturated heterocycles. The number of hydrogen-bond acceptors (Lipinski definition) is 6. The number of nitrogens with two attached hydrogens (primary N) is 2. The van der Waals surface area contributed by atoms with Crippen molar-refractivity contribution in [2.24, 2.45) is 0 Å². The second kappa shape index (κ2) is 6.71. The Bertz CT molecular complexity index is 603. The molecule has 6 N–H and O–H groups in total. The fraction of sp³-hybridized carbons (Fsp3) is 0.0833. The number of hydrogen-bond donors (Lipinski definition) is 4. The number of anilines is 3. The van der Waals surface area contributed by atoms with Crippen molar-refractivity contribution in [2.75, 3.05) is 16.8 Å². The van der Waals surface area contributed by atoms with E-state index >= 15 is 0 Å². The summed E-state index contributed by atoms with van der Waals surface area (Å²) in [6.07, 6.45) is 1.55. The van der Waals surface area contributed by atoms with E-state index in [-0.39, 0.29) is 28.5 Å². The fourth-order valence-corrected chi connectivity index (χ4v) is 1.50. The second-order valence-corrected chi connectivity index (χ2v) is 3.87. The summed E-state index contributed by atoms with van der Waals surface area (Å²) in [5.74, 6) is -0.503. The maximum absolute atomic E-state index is 10.7. The molecule has 0 atom stereocenters. The van der Waals surface area contributed by atoms with Crippen molar-refractivity contribution >= 4 is 40.4 Å². The summed E-state index contributed by atoms with van der Waals surface area (Å²) >= 11 is 0. The summed E-state index contributed by atoms with van der Waals surface area (Å²) in [4.78, 5) is 18.4. The molecule has 1 aromatic heterocycles. The molecule has 0 amide bonds. The summed E-state index contributed by atoms with van der Waals surface area (Å²) < 4.78 is 0. The van der Waals surface area contributed by atoms with Crippen molar-refractivity contribution in [3.05, 3.63) is 41.6 Å². The number of aromatic nitrogens is 2. The van der Waals surface area contributed by atoms with Gasteiger partial charge in [0.25, 0.3) is 0 Å². The van der Waals surface area contributed by atoms with Crippen LogP contribution in [-0.2, 0) is 6.54 Å². The standard InChI is InChI=1S/C12H13N5O2.BrH/c13-10-8(6-16-12(14)17-10)5-15-9-3-1-7(2-4-9)11(18)19;/h1-4,6,15H,5H2,(H,18,19)(H4,13,14,16,17);1H. The first-order valence-corrected chi connectivity index (χ1v) is 5.50. The van der Waals surface area contributed by atoms with Gasteiger partial charge in [-0.15, -0.1) is 17.0 Å². The zero-order valence-electron chi connectivity index (χ0n) is 10.4. The molecule has 0 spiro atoms. The molecule has 2 rings (SSSR count). The first-order chi connectivity index (χ1) is 9.06. The lowest BCUT2D eigenvalue weighted by atomic mass is 10.2. The lowest BCUT2D eigenvalue weighted by molar-refractivity contribution is 0.0697. The first kappa shape index (κ1) is 15.7. The monoisotopic (exact) mass is 339 g/mol. The molecule has 0 unspecified atom stereocenters.